The molecule has 8 amide bonds. The van der Waals surface area contributed by atoms with E-state index in [1.807, 2.05) is 6.92 Å². The van der Waals surface area contributed by atoms with Gasteiger partial charge in [-0.2, -0.15) is 0 Å². The first kappa shape index (κ1) is 67.9. The summed E-state index contributed by atoms with van der Waals surface area (Å²) in [6.45, 7) is 13.0. The molecule has 0 saturated carbocycles. The van der Waals surface area contributed by atoms with E-state index in [4.69, 9.17) is 11.5 Å². The minimum Gasteiger partial charge on any atom is -0.480 e. The molecule has 0 radical (unpaired) electrons. The lowest BCUT2D eigenvalue weighted by atomic mass is 9.96. The second-order valence-corrected chi connectivity index (χ2v) is 21.2. The van der Waals surface area contributed by atoms with Crippen LogP contribution in [-0.2, 0) is 49.6 Å². The molecule has 82 heavy (non-hydrogen) atoms. The minimum absolute atomic E-state index is 0.0907. The third kappa shape index (κ3) is 21.3. The highest BCUT2D eigenvalue weighted by Gasteiger charge is 2.37. The van der Waals surface area contributed by atoms with Gasteiger partial charge in [0, 0.05) is 18.6 Å². The van der Waals surface area contributed by atoms with Gasteiger partial charge in [0.25, 0.3) is 11.4 Å². The van der Waals surface area contributed by atoms with Crippen LogP contribution in [0.1, 0.15) is 123 Å². The Morgan fingerprint density at radius 3 is 1.66 bits per heavy atom. The molecule has 0 aliphatic carbocycles. The number of nitrogens with one attached hydrogen (secondary N) is 8. The second-order valence-electron chi connectivity index (χ2n) is 21.2. The van der Waals surface area contributed by atoms with Crippen molar-refractivity contribution in [3.05, 3.63) is 116 Å². The Labute approximate surface area is 476 Å². The number of carbonyl (C=O) groups is 9. The molecule has 0 saturated heterocycles. The number of hydrogen-bond donors (Lipinski definition) is 11. The van der Waals surface area contributed by atoms with Crippen molar-refractivity contribution in [3.63, 3.8) is 0 Å². The number of nitro groups is 2. The van der Waals surface area contributed by atoms with E-state index in [2.05, 4.69) is 42.5 Å². The maximum absolute atomic E-state index is 14.5. The zero-order valence-electron chi connectivity index (χ0n) is 47.6. The predicted molar refractivity (Wildman–Crippen MR) is 302 cm³/mol. The molecule has 13 N–H and O–H groups in total. The van der Waals surface area contributed by atoms with Gasteiger partial charge in [-0.1, -0.05) is 129 Å². The summed E-state index contributed by atoms with van der Waals surface area (Å²) in [4.78, 5) is 147. The van der Waals surface area contributed by atoms with Gasteiger partial charge >= 0.3 is 5.97 Å². The third-order valence-corrected chi connectivity index (χ3v) is 13.5. The van der Waals surface area contributed by atoms with Crippen molar-refractivity contribution in [3.8, 4) is 0 Å². The van der Waals surface area contributed by atoms with Crippen molar-refractivity contribution in [1.29, 1.82) is 0 Å². The van der Waals surface area contributed by atoms with E-state index < -0.39 is 148 Å². The maximum Gasteiger partial charge on any atom is 0.326 e. The lowest BCUT2D eigenvalue weighted by molar-refractivity contribution is -0.385. The van der Waals surface area contributed by atoms with Gasteiger partial charge in [0.1, 0.15) is 36.3 Å². The lowest BCUT2D eigenvalue weighted by Gasteiger charge is -2.29. The number of nitrogens with two attached hydrogens (primary N) is 2. The summed E-state index contributed by atoms with van der Waals surface area (Å²) in [6.07, 6.45) is 1.27. The number of carbonyl (C=O) groups excluding carboxylic acids is 8. The Bertz CT molecular complexity index is 2710. The van der Waals surface area contributed by atoms with Gasteiger partial charge in [-0.25, -0.2) is 4.79 Å². The quantitative estimate of drug-likeness (QED) is 0.0233. The fourth-order valence-electron chi connectivity index (χ4n) is 8.73. The van der Waals surface area contributed by atoms with Crippen molar-refractivity contribution in [1.82, 2.24) is 42.5 Å². The molecule has 0 heterocycles. The molecular formula is C56H80N12O14. The van der Waals surface area contributed by atoms with Crippen LogP contribution in [0.3, 0.4) is 0 Å². The van der Waals surface area contributed by atoms with E-state index in [0.29, 0.717) is 37.8 Å². The number of carboxylic acid groups (broad SMARTS) is 1. The van der Waals surface area contributed by atoms with Crippen LogP contribution in [0.5, 0.6) is 0 Å². The smallest absolute Gasteiger partial charge is 0.326 e. The number of nitrogens with zero attached hydrogens (tertiary/aromatic N) is 2. The van der Waals surface area contributed by atoms with Crippen LogP contribution < -0.4 is 54.0 Å². The summed E-state index contributed by atoms with van der Waals surface area (Å²) < 4.78 is 0. The van der Waals surface area contributed by atoms with Crippen LogP contribution in [0.4, 0.5) is 11.4 Å². The number of hydrogen-bond acceptors (Lipinski definition) is 15. The molecule has 3 rings (SSSR count). The molecule has 448 valence electrons. The average molecular weight is 1150 g/mol. The molecule has 0 aliphatic heterocycles. The Morgan fingerprint density at radius 1 is 0.573 bits per heavy atom. The van der Waals surface area contributed by atoms with E-state index in [9.17, 15) is 68.5 Å². The van der Waals surface area contributed by atoms with Crippen LogP contribution in [0, 0.1) is 43.9 Å². The fourth-order valence-corrected chi connectivity index (χ4v) is 8.73. The molecular weight excluding hydrogens is 1060 g/mol. The molecule has 0 spiro atoms. The molecule has 3 aromatic rings. The van der Waals surface area contributed by atoms with Crippen molar-refractivity contribution in [2.75, 3.05) is 13.1 Å². The van der Waals surface area contributed by atoms with Crippen molar-refractivity contribution < 1.29 is 58.1 Å². The number of rotatable bonds is 34. The Kier molecular flexibility index (Phi) is 27.6. The topological polar surface area (TPSA) is 408 Å². The van der Waals surface area contributed by atoms with E-state index in [0.717, 1.165) is 12.1 Å². The Balaban J connectivity index is 1.96. The van der Waals surface area contributed by atoms with E-state index in [-0.39, 0.29) is 35.8 Å². The van der Waals surface area contributed by atoms with E-state index >= 15 is 0 Å². The second kappa shape index (κ2) is 33.4. The molecule has 0 fully saturated rings. The average Bonchev–Trinajstić information content (AvgIpc) is 3.49. The number of carboxylic acids is 1. The van der Waals surface area contributed by atoms with Crippen LogP contribution in [0.25, 0.3) is 0 Å². The van der Waals surface area contributed by atoms with Gasteiger partial charge in [0.05, 0.1) is 46.0 Å². The number of aliphatic carboxylic acids is 1. The third-order valence-electron chi connectivity index (χ3n) is 13.5. The molecule has 0 unspecified atom stereocenters. The van der Waals surface area contributed by atoms with Crippen LogP contribution in [0.15, 0.2) is 78.9 Å². The highest BCUT2D eigenvalue weighted by molar-refractivity contribution is 5.97. The van der Waals surface area contributed by atoms with E-state index in [1.54, 1.807) is 78.8 Å². The van der Waals surface area contributed by atoms with Crippen LogP contribution in [-0.4, -0.2) is 118 Å². The van der Waals surface area contributed by atoms with Crippen LogP contribution in [0.2, 0.25) is 0 Å². The zero-order valence-corrected chi connectivity index (χ0v) is 47.6. The largest absolute Gasteiger partial charge is 0.480 e. The number of para-hydroxylation sites is 2. The lowest BCUT2D eigenvalue weighted by Crippen LogP contribution is -2.58. The summed E-state index contributed by atoms with van der Waals surface area (Å²) in [5.41, 5.74) is 10.7. The summed E-state index contributed by atoms with van der Waals surface area (Å²) in [7, 11) is 0. The van der Waals surface area contributed by atoms with Crippen LogP contribution >= 0.6 is 0 Å². The highest BCUT2D eigenvalue weighted by atomic mass is 16.6. The molecule has 0 aromatic heterocycles. The first-order chi connectivity index (χ1) is 38.7. The van der Waals surface area contributed by atoms with Crippen molar-refractivity contribution in [2.24, 2.45) is 35.1 Å². The molecule has 26 heteroatoms. The maximum atomic E-state index is 14.5. The highest BCUT2D eigenvalue weighted by Crippen LogP contribution is 2.29. The summed E-state index contributed by atoms with van der Waals surface area (Å²) in [5, 5.41) is 54.9. The SMILES string of the molecule is CC[C@H](C)[C@H](NC(=O)[C@@H](N)CCCCN)C(=O)N[C@@H](CC(C)C)C(=O)NCC(=O)N[C@@H](C(=O)N[C@H](C(=O)N[C@@H](Cc1ccccc1)C(=O)N[C@@H](CC(=O)N[C@H](C(=O)O)C(C)C)c1ccccc1[N+](=O)[O-])C(C)C)c1ccccc1[N+](=O)[O-]. The summed E-state index contributed by atoms with van der Waals surface area (Å²) >= 11 is 0. The Morgan fingerprint density at radius 2 is 1.11 bits per heavy atom. The fraction of sp³-hybridized carbons (Fsp3) is 0.518. The summed E-state index contributed by atoms with van der Waals surface area (Å²) in [5.74, 6) is -10.2. The number of amides is 8. The first-order valence-electron chi connectivity index (χ1n) is 27.3. The molecule has 0 bridgehead atoms. The van der Waals surface area contributed by atoms with E-state index in [1.165, 1.54) is 36.4 Å². The molecule has 3 aromatic carbocycles. The number of unbranched alkanes of at least 4 members (excludes halogenated alkanes) is 1. The standard InChI is InChI=1S/C56H80N12O14/c1-9-34(8)48(66-50(71)38(58)23-17-18-26-57)54(75)61-40(27-31(2)3)51(72)59-30-45(70)64-49(37-22-14-16-25-43(37)68(81)82)55(76)65-46(32(4)5)53(74)62-41(28-35-19-11-10-12-20-35)52(73)60-39(36-21-13-15-24-42(36)67(79)80)29-44(69)63-47(33(6)7)56(77)78/h10-16,19-22,24-25,31-34,38-41,46-49H,9,17-18,23,26-30,57-58H2,1-8H3,(H,59,72)(H,60,73)(H,61,75)(H,62,74)(H,63,69)(H,64,70)(H,65,76)(H,66,71)(H,77,78)/t34-,38-,39-,40-,41-,46-,47-,48-,49+/m0/s1. The number of benzene rings is 3. The normalized spacial score (nSPS) is 14.5. The van der Waals surface area contributed by atoms with Gasteiger partial charge in [-0.15, -0.1) is 0 Å². The first-order valence-corrected chi connectivity index (χ1v) is 27.3. The molecule has 9 atom stereocenters. The zero-order chi connectivity index (χ0) is 61.4. The summed E-state index contributed by atoms with van der Waals surface area (Å²) in [6, 6.07) is 7.64. The molecule has 0 aliphatic rings. The minimum atomic E-state index is -1.89. The monoisotopic (exact) mass is 1140 g/mol. The van der Waals surface area contributed by atoms with Gasteiger partial charge in [-0.3, -0.25) is 58.6 Å². The van der Waals surface area contributed by atoms with Gasteiger partial charge < -0.3 is 59.1 Å². The van der Waals surface area contributed by atoms with Gasteiger partial charge in [-0.05, 0) is 61.1 Å². The Hall–Kier alpha value is -8.39. The number of nitro benzene ring substituents is 2. The van der Waals surface area contributed by atoms with Gasteiger partial charge in [0.15, 0.2) is 0 Å². The van der Waals surface area contributed by atoms with Crippen molar-refractivity contribution in [2.45, 2.75) is 149 Å². The van der Waals surface area contributed by atoms with Crippen molar-refractivity contribution >= 4 is 64.6 Å². The van der Waals surface area contributed by atoms with Gasteiger partial charge in [0.2, 0.25) is 47.3 Å². The molecule has 26 nitrogen and oxygen atoms in total. The predicted octanol–water partition coefficient (Wildman–Crippen LogP) is 2.64.